The molecule has 1 saturated carbocycles. The van der Waals surface area contributed by atoms with Crippen LogP contribution in [0.5, 0.6) is 0 Å². The zero-order valence-corrected chi connectivity index (χ0v) is 6.89. The highest BCUT2D eigenvalue weighted by Crippen LogP contribution is 2.55. The maximum atomic E-state index is 10.6. The van der Waals surface area contributed by atoms with E-state index in [4.69, 9.17) is 0 Å². The highest BCUT2D eigenvalue weighted by Gasteiger charge is 2.51. The Bertz CT molecular complexity index is 131. The zero-order chi connectivity index (χ0) is 7.61. The van der Waals surface area contributed by atoms with Crippen LogP contribution in [0.25, 0.3) is 0 Å². The van der Waals surface area contributed by atoms with E-state index in [0.29, 0.717) is 0 Å². The Morgan fingerprint density at radius 3 is 2.60 bits per heavy atom. The van der Waals surface area contributed by atoms with E-state index in [1.165, 1.54) is 19.1 Å². The van der Waals surface area contributed by atoms with E-state index in [-0.39, 0.29) is 5.41 Å². The number of hydrogen-bond acceptors (Lipinski definition) is 1. The Balaban J connectivity index is 2.37. The van der Waals surface area contributed by atoms with Gasteiger partial charge < -0.3 is 4.79 Å². The van der Waals surface area contributed by atoms with E-state index in [1.807, 2.05) is 0 Å². The Labute approximate surface area is 62.8 Å². The second kappa shape index (κ2) is 2.73. The number of hydrogen-bond donors (Lipinski definition) is 0. The van der Waals surface area contributed by atoms with Crippen molar-refractivity contribution in [1.82, 2.24) is 0 Å². The molecule has 1 heteroatoms. The van der Waals surface area contributed by atoms with Gasteiger partial charge in [-0.25, -0.2) is 0 Å². The van der Waals surface area contributed by atoms with Crippen LogP contribution in [0, 0.1) is 11.3 Å². The fourth-order valence-electron chi connectivity index (χ4n) is 1.80. The van der Waals surface area contributed by atoms with Gasteiger partial charge in [0.15, 0.2) is 0 Å². The van der Waals surface area contributed by atoms with Crippen LogP contribution in [0.4, 0.5) is 0 Å². The van der Waals surface area contributed by atoms with Gasteiger partial charge in [-0.15, -0.1) is 0 Å². The third-order valence-electron chi connectivity index (χ3n) is 2.81. The lowest BCUT2D eigenvalue weighted by Crippen LogP contribution is -2.03. The third kappa shape index (κ3) is 1.09. The number of aldehydes is 1. The minimum atomic E-state index is 0.121. The smallest absolute Gasteiger partial charge is 0.126 e. The number of carbonyl (C=O) groups excluding carboxylic acids is 1. The summed E-state index contributed by atoms with van der Waals surface area (Å²) in [5.41, 5.74) is 0.121. The molecule has 0 saturated heterocycles. The first-order valence-corrected chi connectivity index (χ1v) is 4.25. The van der Waals surface area contributed by atoms with Gasteiger partial charge in [-0.3, -0.25) is 0 Å². The van der Waals surface area contributed by atoms with E-state index in [1.54, 1.807) is 0 Å². The van der Waals surface area contributed by atoms with Gasteiger partial charge in [0.1, 0.15) is 6.29 Å². The standard InChI is InChI=1S/C9H16O/c1-3-5-8-6-9(8,4-2)7-10/h7-8H,3-6H2,1-2H3. The molecule has 0 aromatic rings. The molecular formula is C9H16O. The largest absolute Gasteiger partial charge is 0.303 e. The Morgan fingerprint density at radius 2 is 2.30 bits per heavy atom. The zero-order valence-electron chi connectivity index (χ0n) is 6.89. The molecule has 1 fully saturated rings. The molecule has 0 aliphatic heterocycles. The number of rotatable bonds is 4. The summed E-state index contributed by atoms with van der Waals surface area (Å²) in [6, 6.07) is 0. The summed E-state index contributed by atoms with van der Waals surface area (Å²) in [5.74, 6) is 0.722. The first kappa shape index (κ1) is 7.77. The summed E-state index contributed by atoms with van der Waals surface area (Å²) in [5, 5.41) is 0. The minimum Gasteiger partial charge on any atom is -0.303 e. The van der Waals surface area contributed by atoms with Crippen molar-refractivity contribution in [2.75, 3.05) is 0 Å². The SMILES string of the molecule is CCCC1CC1(C=O)CC. The average molecular weight is 140 g/mol. The highest BCUT2D eigenvalue weighted by molar-refractivity contribution is 5.64. The lowest BCUT2D eigenvalue weighted by atomic mass is 10.0. The summed E-state index contributed by atoms with van der Waals surface area (Å²) >= 11 is 0. The highest BCUT2D eigenvalue weighted by atomic mass is 16.1. The first-order valence-electron chi connectivity index (χ1n) is 4.25. The van der Waals surface area contributed by atoms with Crippen molar-refractivity contribution in [2.24, 2.45) is 11.3 Å². The van der Waals surface area contributed by atoms with Gasteiger partial charge in [0.05, 0.1) is 0 Å². The quantitative estimate of drug-likeness (QED) is 0.548. The normalized spacial score (nSPS) is 37.6. The maximum Gasteiger partial charge on any atom is 0.126 e. The van der Waals surface area contributed by atoms with Crippen LogP contribution in [0.2, 0.25) is 0 Å². The maximum absolute atomic E-state index is 10.6. The van der Waals surface area contributed by atoms with Crippen molar-refractivity contribution < 1.29 is 4.79 Å². The molecule has 0 spiro atoms. The lowest BCUT2D eigenvalue weighted by Gasteiger charge is -2.03. The van der Waals surface area contributed by atoms with Gasteiger partial charge in [0.2, 0.25) is 0 Å². The minimum absolute atomic E-state index is 0.121. The van der Waals surface area contributed by atoms with Crippen LogP contribution in [-0.4, -0.2) is 6.29 Å². The molecule has 1 nitrogen and oxygen atoms in total. The van der Waals surface area contributed by atoms with Crippen molar-refractivity contribution in [3.63, 3.8) is 0 Å². The van der Waals surface area contributed by atoms with Crippen LogP contribution in [0.1, 0.15) is 39.5 Å². The summed E-state index contributed by atoms with van der Waals surface area (Å²) in [4.78, 5) is 10.6. The molecule has 1 rings (SSSR count). The second-order valence-electron chi connectivity index (χ2n) is 3.39. The topological polar surface area (TPSA) is 17.1 Å². The van der Waals surface area contributed by atoms with Crippen LogP contribution in [0.3, 0.4) is 0 Å². The van der Waals surface area contributed by atoms with E-state index in [2.05, 4.69) is 13.8 Å². The Hall–Kier alpha value is -0.330. The molecule has 0 heterocycles. The molecule has 0 aromatic carbocycles. The van der Waals surface area contributed by atoms with Gasteiger partial charge in [0, 0.05) is 5.41 Å². The van der Waals surface area contributed by atoms with Gasteiger partial charge in [0.25, 0.3) is 0 Å². The third-order valence-corrected chi connectivity index (χ3v) is 2.81. The molecule has 2 unspecified atom stereocenters. The summed E-state index contributed by atoms with van der Waals surface area (Å²) in [6.07, 6.45) is 5.84. The summed E-state index contributed by atoms with van der Waals surface area (Å²) in [7, 11) is 0. The fraction of sp³-hybridized carbons (Fsp3) is 0.889. The second-order valence-corrected chi connectivity index (χ2v) is 3.39. The molecular weight excluding hydrogens is 124 g/mol. The van der Waals surface area contributed by atoms with E-state index in [9.17, 15) is 4.79 Å². The molecule has 2 atom stereocenters. The fourth-order valence-corrected chi connectivity index (χ4v) is 1.80. The Kier molecular flexibility index (Phi) is 2.12. The summed E-state index contributed by atoms with van der Waals surface area (Å²) < 4.78 is 0. The molecule has 0 aromatic heterocycles. The van der Waals surface area contributed by atoms with Crippen LogP contribution < -0.4 is 0 Å². The molecule has 0 bridgehead atoms. The molecule has 0 amide bonds. The molecule has 58 valence electrons. The van der Waals surface area contributed by atoms with Gasteiger partial charge in [-0.1, -0.05) is 20.3 Å². The van der Waals surface area contributed by atoms with Crippen LogP contribution in [0.15, 0.2) is 0 Å². The molecule has 10 heavy (non-hydrogen) atoms. The molecule has 1 aliphatic rings. The van der Waals surface area contributed by atoms with Crippen molar-refractivity contribution in [2.45, 2.75) is 39.5 Å². The van der Waals surface area contributed by atoms with E-state index < -0.39 is 0 Å². The average Bonchev–Trinajstić information content (AvgIpc) is 2.65. The first-order chi connectivity index (χ1) is 4.79. The van der Waals surface area contributed by atoms with Gasteiger partial charge in [-0.05, 0) is 25.2 Å². The predicted molar refractivity (Wildman–Crippen MR) is 41.8 cm³/mol. The summed E-state index contributed by atoms with van der Waals surface area (Å²) in [6.45, 7) is 4.30. The van der Waals surface area contributed by atoms with Gasteiger partial charge >= 0.3 is 0 Å². The number of carbonyl (C=O) groups is 1. The van der Waals surface area contributed by atoms with Crippen molar-refractivity contribution in [1.29, 1.82) is 0 Å². The van der Waals surface area contributed by atoms with E-state index >= 15 is 0 Å². The molecule has 0 N–H and O–H groups in total. The monoisotopic (exact) mass is 140 g/mol. The van der Waals surface area contributed by atoms with Crippen molar-refractivity contribution in [3.05, 3.63) is 0 Å². The Morgan fingerprint density at radius 1 is 1.60 bits per heavy atom. The molecule has 0 radical (unpaired) electrons. The predicted octanol–water partition coefficient (Wildman–Crippen LogP) is 2.40. The molecule has 1 aliphatic carbocycles. The van der Waals surface area contributed by atoms with Crippen molar-refractivity contribution >= 4 is 6.29 Å². The van der Waals surface area contributed by atoms with Crippen LogP contribution in [-0.2, 0) is 4.79 Å². The lowest BCUT2D eigenvalue weighted by molar-refractivity contribution is -0.112. The van der Waals surface area contributed by atoms with Gasteiger partial charge in [-0.2, -0.15) is 0 Å². The van der Waals surface area contributed by atoms with Crippen molar-refractivity contribution in [3.8, 4) is 0 Å². The van der Waals surface area contributed by atoms with E-state index in [0.717, 1.165) is 18.8 Å². The van der Waals surface area contributed by atoms with Crippen LogP contribution >= 0.6 is 0 Å².